The number of nitrogens with zero attached hydrogens (tertiary/aromatic N) is 3. The average molecular weight is 453 g/mol. The summed E-state index contributed by atoms with van der Waals surface area (Å²) in [5, 5.41) is 12.4. The van der Waals surface area contributed by atoms with Gasteiger partial charge in [-0.15, -0.1) is 10.2 Å². The molecule has 0 unspecified atom stereocenters. The first kappa shape index (κ1) is 23.9. The monoisotopic (exact) mass is 452 g/mol. The van der Waals surface area contributed by atoms with Crippen LogP contribution in [0, 0.1) is 6.92 Å². The number of aryl methyl sites for hydroxylation is 2. The third kappa shape index (κ3) is 5.91. The third-order valence-electron chi connectivity index (χ3n) is 5.36. The smallest absolute Gasteiger partial charge is 0.234 e. The Morgan fingerprint density at radius 1 is 1.12 bits per heavy atom. The summed E-state index contributed by atoms with van der Waals surface area (Å²) < 4.78 is 7.91. The van der Waals surface area contributed by atoms with E-state index in [1.165, 1.54) is 17.3 Å². The lowest BCUT2D eigenvalue weighted by atomic mass is 10.0. The molecule has 0 saturated carbocycles. The standard InChI is InChI=1S/C25H32N4O2S/c1-6-19-10-8-9-18(5)24(19)26-23(30)16-32-25-28-27-22(29(25)7-2)15-31-21-13-11-20(12-14-21)17(3)4/h8-14,17H,6-7,15-16H2,1-5H3,(H,26,30). The van der Waals surface area contributed by atoms with E-state index in [4.69, 9.17) is 4.74 Å². The van der Waals surface area contributed by atoms with Gasteiger partial charge in [0.05, 0.1) is 5.75 Å². The number of nitrogens with one attached hydrogen (secondary N) is 1. The fraction of sp³-hybridized carbons (Fsp3) is 0.400. The van der Waals surface area contributed by atoms with Gasteiger partial charge < -0.3 is 14.6 Å². The molecule has 0 atom stereocenters. The molecule has 1 aromatic heterocycles. The molecule has 0 aliphatic heterocycles. The summed E-state index contributed by atoms with van der Waals surface area (Å²) in [7, 11) is 0. The van der Waals surface area contributed by atoms with Gasteiger partial charge in [-0.05, 0) is 55.0 Å². The van der Waals surface area contributed by atoms with Crippen LogP contribution in [0.15, 0.2) is 47.6 Å². The average Bonchev–Trinajstić information content (AvgIpc) is 3.19. The van der Waals surface area contributed by atoms with Crippen molar-refractivity contribution >= 4 is 23.4 Å². The number of hydrogen-bond donors (Lipinski definition) is 1. The molecular formula is C25H32N4O2S. The van der Waals surface area contributed by atoms with Crippen LogP contribution in [0.2, 0.25) is 0 Å². The zero-order chi connectivity index (χ0) is 23.1. The summed E-state index contributed by atoms with van der Waals surface area (Å²) in [4.78, 5) is 12.6. The zero-order valence-electron chi connectivity index (χ0n) is 19.5. The van der Waals surface area contributed by atoms with Crippen molar-refractivity contribution in [2.24, 2.45) is 0 Å². The summed E-state index contributed by atoms with van der Waals surface area (Å²) in [6, 6.07) is 14.2. The molecule has 6 nitrogen and oxygen atoms in total. The van der Waals surface area contributed by atoms with E-state index in [-0.39, 0.29) is 11.7 Å². The van der Waals surface area contributed by atoms with Gasteiger partial charge in [0.15, 0.2) is 11.0 Å². The van der Waals surface area contributed by atoms with E-state index in [2.05, 4.69) is 48.4 Å². The molecule has 0 aliphatic rings. The number of carbonyl (C=O) groups excluding carboxylic acids is 1. The number of anilines is 1. The van der Waals surface area contributed by atoms with Crippen LogP contribution in [0.25, 0.3) is 0 Å². The Hall–Kier alpha value is -2.80. The molecule has 0 fully saturated rings. The molecule has 3 aromatic rings. The third-order valence-corrected chi connectivity index (χ3v) is 6.33. The molecule has 0 aliphatic carbocycles. The number of benzene rings is 2. The van der Waals surface area contributed by atoms with Gasteiger partial charge in [-0.1, -0.05) is 62.9 Å². The number of rotatable bonds is 10. The summed E-state index contributed by atoms with van der Waals surface area (Å²) in [5.74, 6) is 2.26. The lowest BCUT2D eigenvalue weighted by Crippen LogP contribution is -2.17. The molecule has 7 heteroatoms. The van der Waals surface area contributed by atoms with Crippen molar-refractivity contribution in [1.82, 2.24) is 14.8 Å². The number of carbonyl (C=O) groups is 1. The van der Waals surface area contributed by atoms with Crippen molar-refractivity contribution in [2.75, 3.05) is 11.1 Å². The van der Waals surface area contributed by atoms with Crippen molar-refractivity contribution < 1.29 is 9.53 Å². The van der Waals surface area contributed by atoms with Gasteiger partial charge in [0.1, 0.15) is 12.4 Å². The maximum atomic E-state index is 12.6. The van der Waals surface area contributed by atoms with Crippen molar-refractivity contribution in [3.05, 3.63) is 65.0 Å². The van der Waals surface area contributed by atoms with Gasteiger partial charge in [0, 0.05) is 12.2 Å². The lowest BCUT2D eigenvalue weighted by molar-refractivity contribution is -0.113. The van der Waals surface area contributed by atoms with Crippen LogP contribution >= 0.6 is 11.8 Å². The van der Waals surface area contributed by atoms with E-state index in [1.54, 1.807) is 0 Å². The van der Waals surface area contributed by atoms with Gasteiger partial charge in [-0.3, -0.25) is 4.79 Å². The normalized spacial score (nSPS) is 11.1. The minimum atomic E-state index is -0.0484. The summed E-state index contributed by atoms with van der Waals surface area (Å²) in [6.45, 7) is 11.5. The van der Waals surface area contributed by atoms with Gasteiger partial charge >= 0.3 is 0 Å². The topological polar surface area (TPSA) is 69.0 Å². The number of ether oxygens (including phenoxy) is 1. The second kappa shape index (κ2) is 11.2. The fourth-order valence-electron chi connectivity index (χ4n) is 3.45. The quantitative estimate of drug-likeness (QED) is 0.405. The zero-order valence-corrected chi connectivity index (χ0v) is 20.3. The van der Waals surface area contributed by atoms with Crippen molar-refractivity contribution in [3.8, 4) is 5.75 Å². The van der Waals surface area contributed by atoms with Crippen LogP contribution in [0.3, 0.4) is 0 Å². The molecule has 0 bridgehead atoms. The maximum absolute atomic E-state index is 12.6. The lowest BCUT2D eigenvalue weighted by Gasteiger charge is -2.13. The van der Waals surface area contributed by atoms with E-state index in [0.29, 0.717) is 19.1 Å². The second-order valence-electron chi connectivity index (χ2n) is 7.95. The first-order valence-corrected chi connectivity index (χ1v) is 12.1. The van der Waals surface area contributed by atoms with E-state index in [9.17, 15) is 4.79 Å². The maximum Gasteiger partial charge on any atom is 0.234 e. The second-order valence-corrected chi connectivity index (χ2v) is 8.90. The number of amides is 1. The number of hydrogen-bond acceptors (Lipinski definition) is 5. The Balaban J connectivity index is 1.59. The predicted octanol–water partition coefficient (Wildman–Crippen LogP) is 5.60. The highest BCUT2D eigenvalue weighted by Gasteiger charge is 2.15. The number of para-hydroxylation sites is 1. The minimum Gasteiger partial charge on any atom is -0.486 e. The summed E-state index contributed by atoms with van der Waals surface area (Å²) in [6.07, 6.45) is 0.873. The van der Waals surface area contributed by atoms with Crippen molar-refractivity contribution in [2.45, 2.75) is 65.3 Å². The fourth-order valence-corrected chi connectivity index (χ4v) is 4.28. The molecule has 1 amide bonds. The molecule has 0 saturated heterocycles. The van der Waals surface area contributed by atoms with Gasteiger partial charge in [-0.2, -0.15) is 0 Å². The highest BCUT2D eigenvalue weighted by atomic mass is 32.2. The predicted molar refractivity (Wildman–Crippen MR) is 130 cm³/mol. The van der Waals surface area contributed by atoms with Crippen LogP contribution in [0.1, 0.15) is 56.1 Å². The Morgan fingerprint density at radius 3 is 2.53 bits per heavy atom. The molecule has 32 heavy (non-hydrogen) atoms. The first-order chi connectivity index (χ1) is 15.4. The number of thioether (sulfide) groups is 1. The molecule has 3 rings (SSSR count). The van der Waals surface area contributed by atoms with Gasteiger partial charge in [-0.25, -0.2) is 0 Å². The van der Waals surface area contributed by atoms with E-state index < -0.39 is 0 Å². The summed E-state index contributed by atoms with van der Waals surface area (Å²) in [5.41, 5.74) is 4.40. The Kier molecular flexibility index (Phi) is 8.33. The Morgan fingerprint density at radius 2 is 1.88 bits per heavy atom. The molecule has 1 N–H and O–H groups in total. The molecule has 1 heterocycles. The Labute approximate surface area is 194 Å². The van der Waals surface area contributed by atoms with E-state index in [1.807, 2.05) is 48.7 Å². The van der Waals surface area contributed by atoms with E-state index >= 15 is 0 Å². The Bertz CT molecular complexity index is 1040. The summed E-state index contributed by atoms with van der Waals surface area (Å²) >= 11 is 1.39. The number of aromatic nitrogens is 3. The minimum absolute atomic E-state index is 0.0484. The molecule has 0 spiro atoms. The van der Waals surface area contributed by atoms with Crippen LogP contribution in [0.4, 0.5) is 5.69 Å². The van der Waals surface area contributed by atoms with Crippen molar-refractivity contribution in [3.63, 3.8) is 0 Å². The van der Waals surface area contributed by atoms with Crippen LogP contribution < -0.4 is 10.1 Å². The largest absolute Gasteiger partial charge is 0.486 e. The SMILES string of the molecule is CCc1cccc(C)c1NC(=O)CSc1nnc(COc2ccc(C(C)C)cc2)n1CC. The van der Waals surface area contributed by atoms with Crippen molar-refractivity contribution in [1.29, 1.82) is 0 Å². The van der Waals surface area contributed by atoms with Crippen LogP contribution in [-0.4, -0.2) is 26.4 Å². The van der Waals surface area contributed by atoms with Crippen LogP contribution in [0.5, 0.6) is 5.75 Å². The molecule has 0 radical (unpaired) electrons. The molecule has 170 valence electrons. The van der Waals surface area contributed by atoms with E-state index in [0.717, 1.165) is 40.0 Å². The van der Waals surface area contributed by atoms with Gasteiger partial charge in [0.2, 0.25) is 5.91 Å². The highest BCUT2D eigenvalue weighted by molar-refractivity contribution is 7.99. The van der Waals surface area contributed by atoms with Gasteiger partial charge in [0.25, 0.3) is 0 Å². The van der Waals surface area contributed by atoms with Crippen LogP contribution in [-0.2, 0) is 24.4 Å². The molecule has 2 aromatic carbocycles. The highest BCUT2D eigenvalue weighted by Crippen LogP contribution is 2.23. The molecular weight excluding hydrogens is 420 g/mol. The first-order valence-electron chi connectivity index (χ1n) is 11.1.